The van der Waals surface area contributed by atoms with Gasteiger partial charge in [0.1, 0.15) is 0 Å². The number of carbonyl (C=O) groups is 3. The molecule has 8 nitrogen and oxygen atoms in total. The lowest BCUT2D eigenvalue weighted by molar-refractivity contribution is -0.138. The highest BCUT2D eigenvalue weighted by Gasteiger charge is 2.20. The lowest BCUT2D eigenvalue weighted by atomic mass is 10.2. The summed E-state index contributed by atoms with van der Waals surface area (Å²) >= 11 is 1.24. The van der Waals surface area contributed by atoms with E-state index in [1.165, 1.54) is 11.8 Å². The summed E-state index contributed by atoms with van der Waals surface area (Å²) in [5, 5.41) is 2.72. The van der Waals surface area contributed by atoms with Crippen molar-refractivity contribution >= 4 is 29.5 Å². The first kappa shape index (κ1) is 21.2. The van der Waals surface area contributed by atoms with Gasteiger partial charge in [0.25, 0.3) is 5.91 Å². The number of morpholine rings is 1. The van der Waals surface area contributed by atoms with Gasteiger partial charge in [0.2, 0.25) is 5.91 Å². The van der Waals surface area contributed by atoms with Crippen molar-refractivity contribution in [3.63, 3.8) is 0 Å². The number of thioether (sulfide) groups is 1. The number of hydrogen-bond donors (Lipinski definition) is 1. The number of rotatable bonds is 9. The van der Waals surface area contributed by atoms with E-state index in [0.717, 1.165) is 0 Å². The first-order valence-corrected chi connectivity index (χ1v) is 9.60. The molecule has 1 aliphatic rings. The molecule has 9 heteroatoms. The summed E-state index contributed by atoms with van der Waals surface area (Å²) < 4.78 is 15.2. The summed E-state index contributed by atoms with van der Waals surface area (Å²) in [5.41, 5.74) is 0.335. The molecule has 1 aliphatic heterocycles. The van der Waals surface area contributed by atoms with Gasteiger partial charge in [-0.05, 0) is 12.1 Å². The van der Waals surface area contributed by atoms with Gasteiger partial charge < -0.3 is 24.4 Å². The molecule has 0 radical (unpaired) electrons. The zero-order valence-electron chi connectivity index (χ0n) is 15.3. The Labute approximate surface area is 162 Å². The van der Waals surface area contributed by atoms with Crippen molar-refractivity contribution in [2.75, 3.05) is 58.9 Å². The molecule has 1 aromatic rings. The number of esters is 1. The number of hydrogen-bond acceptors (Lipinski definition) is 7. The molecule has 27 heavy (non-hydrogen) atoms. The second-order valence-corrected chi connectivity index (χ2v) is 6.71. The lowest BCUT2D eigenvalue weighted by Gasteiger charge is -2.26. The first-order valence-electron chi connectivity index (χ1n) is 8.62. The average molecular weight is 396 g/mol. The molecular weight excluding hydrogens is 372 g/mol. The van der Waals surface area contributed by atoms with Crippen molar-refractivity contribution < 1.29 is 28.6 Å². The normalized spacial score (nSPS) is 13.9. The fraction of sp³-hybridized carbons (Fsp3) is 0.500. The van der Waals surface area contributed by atoms with E-state index < -0.39 is 5.97 Å². The molecule has 2 amide bonds. The van der Waals surface area contributed by atoms with Crippen molar-refractivity contribution in [3.8, 4) is 0 Å². The highest BCUT2D eigenvalue weighted by atomic mass is 32.2. The van der Waals surface area contributed by atoms with Gasteiger partial charge in [-0.15, -0.1) is 11.8 Å². The molecule has 1 aromatic carbocycles. The van der Waals surface area contributed by atoms with Crippen LogP contribution in [-0.2, 0) is 23.8 Å². The molecule has 0 saturated carbocycles. The summed E-state index contributed by atoms with van der Waals surface area (Å²) in [4.78, 5) is 38.5. The molecule has 148 valence electrons. The van der Waals surface area contributed by atoms with Gasteiger partial charge in [-0.3, -0.25) is 9.59 Å². The first-order chi connectivity index (χ1) is 13.1. The number of methoxy groups -OCH3 is 1. The van der Waals surface area contributed by atoms with Crippen LogP contribution >= 0.6 is 11.8 Å². The van der Waals surface area contributed by atoms with E-state index in [-0.39, 0.29) is 24.2 Å². The van der Waals surface area contributed by atoms with Crippen LogP contribution in [0.5, 0.6) is 0 Å². The molecule has 2 rings (SSSR count). The van der Waals surface area contributed by atoms with E-state index in [1.54, 1.807) is 36.3 Å². The van der Waals surface area contributed by atoms with Crippen LogP contribution in [0.1, 0.15) is 10.4 Å². The van der Waals surface area contributed by atoms with Gasteiger partial charge in [0, 0.05) is 31.6 Å². The lowest BCUT2D eigenvalue weighted by Crippen LogP contribution is -2.42. The maximum absolute atomic E-state index is 12.4. The highest BCUT2D eigenvalue weighted by molar-refractivity contribution is 8.00. The number of ether oxygens (including phenoxy) is 3. The minimum Gasteiger partial charge on any atom is -0.452 e. The average Bonchev–Trinajstić information content (AvgIpc) is 2.71. The van der Waals surface area contributed by atoms with Crippen LogP contribution in [0.15, 0.2) is 29.2 Å². The van der Waals surface area contributed by atoms with E-state index >= 15 is 0 Å². The molecule has 0 unspecified atom stereocenters. The molecular formula is C18H24N2O6S. The van der Waals surface area contributed by atoms with Crippen LogP contribution in [0.25, 0.3) is 0 Å². The minimum atomic E-state index is -0.584. The van der Waals surface area contributed by atoms with E-state index in [4.69, 9.17) is 14.2 Å². The van der Waals surface area contributed by atoms with Gasteiger partial charge in [0.05, 0.1) is 31.1 Å². The summed E-state index contributed by atoms with van der Waals surface area (Å²) in [6.07, 6.45) is 0. The molecule has 1 N–H and O–H groups in total. The summed E-state index contributed by atoms with van der Waals surface area (Å²) in [6, 6.07) is 6.85. The quantitative estimate of drug-likeness (QED) is 0.370. The summed E-state index contributed by atoms with van der Waals surface area (Å²) in [6.45, 7) is 2.55. The Hall–Kier alpha value is -2.10. The largest absolute Gasteiger partial charge is 0.452 e. The second kappa shape index (κ2) is 11.6. The van der Waals surface area contributed by atoms with Crippen molar-refractivity contribution in [1.82, 2.24) is 10.2 Å². The summed E-state index contributed by atoms with van der Waals surface area (Å²) in [5.74, 6) is -0.808. The SMILES string of the molecule is COCCNC(=O)CSc1ccccc1C(=O)OCC(=O)N1CCOCC1. The number of nitrogens with zero attached hydrogens (tertiary/aromatic N) is 1. The molecule has 1 saturated heterocycles. The van der Waals surface area contributed by atoms with Crippen LogP contribution in [0, 0.1) is 0 Å². The van der Waals surface area contributed by atoms with Crippen molar-refractivity contribution in [3.05, 3.63) is 29.8 Å². The van der Waals surface area contributed by atoms with Gasteiger partial charge in [-0.1, -0.05) is 12.1 Å². The van der Waals surface area contributed by atoms with Gasteiger partial charge in [0.15, 0.2) is 6.61 Å². The predicted molar refractivity (Wildman–Crippen MR) is 99.7 cm³/mol. The molecule has 1 heterocycles. The van der Waals surface area contributed by atoms with E-state index in [9.17, 15) is 14.4 Å². The van der Waals surface area contributed by atoms with Crippen LogP contribution < -0.4 is 5.32 Å². The van der Waals surface area contributed by atoms with Crippen LogP contribution in [-0.4, -0.2) is 81.6 Å². The number of nitrogens with one attached hydrogen (secondary N) is 1. The molecule has 0 aliphatic carbocycles. The molecule has 0 atom stereocenters. The maximum Gasteiger partial charge on any atom is 0.339 e. The van der Waals surface area contributed by atoms with Gasteiger partial charge in [-0.2, -0.15) is 0 Å². The molecule has 0 spiro atoms. The number of carbonyl (C=O) groups excluding carboxylic acids is 3. The van der Waals surface area contributed by atoms with E-state index in [2.05, 4.69) is 5.32 Å². The predicted octanol–water partition coefficient (Wildman–Crippen LogP) is 0.557. The van der Waals surface area contributed by atoms with Crippen LogP contribution in [0.4, 0.5) is 0 Å². The maximum atomic E-state index is 12.4. The van der Waals surface area contributed by atoms with Crippen LogP contribution in [0.3, 0.4) is 0 Å². The Kier molecular flexibility index (Phi) is 9.09. The standard InChI is InChI=1S/C18H24N2O6S/c1-24-9-6-19-16(21)13-27-15-5-3-2-4-14(15)18(23)26-12-17(22)20-7-10-25-11-8-20/h2-5H,6-13H2,1H3,(H,19,21). The highest BCUT2D eigenvalue weighted by Crippen LogP contribution is 2.23. The van der Waals surface area contributed by atoms with Crippen molar-refractivity contribution in [2.24, 2.45) is 0 Å². The Balaban J connectivity index is 1.85. The Bertz CT molecular complexity index is 648. The Morgan fingerprint density at radius 3 is 2.70 bits per heavy atom. The van der Waals surface area contributed by atoms with Crippen molar-refractivity contribution in [1.29, 1.82) is 0 Å². The number of benzene rings is 1. The van der Waals surface area contributed by atoms with Gasteiger partial charge in [-0.25, -0.2) is 4.79 Å². The number of amides is 2. The third-order valence-corrected chi connectivity index (χ3v) is 4.86. The monoisotopic (exact) mass is 396 g/mol. The zero-order chi connectivity index (χ0) is 19.5. The van der Waals surface area contributed by atoms with Crippen LogP contribution in [0.2, 0.25) is 0 Å². The summed E-state index contributed by atoms with van der Waals surface area (Å²) in [7, 11) is 1.56. The zero-order valence-corrected chi connectivity index (χ0v) is 16.1. The molecule has 0 aromatic heterocycles. The molecule has 0 bridgehead atoms. The fourth-order valence-corrected chi connectivity index (χ4v) is 3.23. The smallest absolute Gasteiger partial charge is 0.339 e. The van der Waals surface area contributed by atoms with E-state index in [1.807, 2.05) is 0 Å². The third-order valence-electron chi connectivity index (χ3n) is 3.78. The Morgan fingerprint density at radius 1 is 1.22 bits per heavy atom. The van der Waals surface area contributed by atoms with E-state index in [0.29, 0.717) is 49.9 Å². The van der Waals surface area contributed by atoms with Gasteiger partial charge >= 0.3 is 5.97 Å². The fourth-order valence-electron chi connectivity index (χ4n) is 2.36. The second-order valence-electron chi connectivity index (χ2n) is 5.70. The molecule has 1 fully saturated rings. The van der Waals surface area contributed by atoms with Crippen molar-refractivity contribution in [2.45, 2.75) is 4.90 Å². The Morgan fingerprint density at radius 2 is 1.96 bits per heavy atom. The minimum absolute atomic E-state index is 0.150. The topological polar surface area (TPSA) is 94.2 Å². The third kappa shape index (κ3) is 7.20.